The van der Waals surface area contributed by atoms with Gasteiger partial charge in [0.15, 0.2) is 5.65 Å². The van der Waals surface area contributed by atoms with Crippen molar-refractivity contribution in [3.63, 3.8) is 0 Å². The van der Waals surface area contributed by atoms with Crippen LogP contribution < -0.4 is 5.56 Å². The van der Waals surface area contributed by atoms with Crippen LogP contribution in [-0.4, -0.2) is 27.7 Å². The molecule has 18 heavy (non-hydrogen) atoms. The molecule has 0 bridgehead atoms. The number of nitrogens with one attached hydrogen (secondary N) is 1. The number of methoxy groups -OCH3 is 1. The predicted molar refractivity (Wildman–Crippen MR) is 65.9 cm³/mol. The normalized spacial score (nSPS) is 10.8. The van der Waals surface area contributed by atoms with Gasteiger partial charge in [-0.05, 0) is 13.3 Å². The number of rotatable bonds is 3. The van der Waals surface area contributed by atoms with Gasteiger partial charge in [-0.25, -0.2) is 14.3 Å². The number of ether oxygens (including phenoxy) is 1. The second-order valence-electron chi connectivity index (χ2n) is 4.07. The van der Waals surface area contributed by atoms with Crippen LogP contribution >= 0.6 is 0 Å². The van der Waals surface area contributed by atoms with E-state index in [0.29, 0.717) is 23.3 Å². The number of aromatic nitrogens is 3. The zero-order valence-corrected chi connectivity index (χ0v) is 10.6. The first-order valence-corrected chi connectivity index (χ1v) is 5.78. The van der Waals surface area contributed by atoms with Gasteiger partial charge in [-0.15, -0.1) is 0 Å². The molecule has 0 saturated carbocycles. The number of carbonyl (C=O) groups is 1. The van der Waals surface area contributed by atoms with Crippen LogP contribution in [0.4, 0.5) is 0 Å². The quantitative estimate of drug-likeness (QED) is 0.825. The topological polar surface area (TPSA) is 76.5 Å². The number of aryl methyl sites for hydroxylation is 1. The minimum atomic E-state index is -0.511. The smallest absolute Gasteiger partial charge is 0.343 e. The molecule has 1 N–H and O–H groups in total. The van der Waals surface area contributed by atoms with Crippen molar-refractivity contribution in [2.75, 3.05) is 7.11 Å². The maximum absolute atomic E-state index is 12.2. The number of esters is 1. The maximum Gasteiger partial charge on any atom is 0.343 e. The average molecular weight is 249 g/mol. The molecule has 0 fully saturated rings. The molecule has 0 aliphatic rings. The minimum Gasteiger partial charge on any atom is -0.465 e. The maximum atomic E-state index is 12.2. The van der Waals surface area contributed by atoms with Gasteiger partial charge in [0, 0.05) is 17.5 Å². The third-order valence-electron chi connectivity index (χ3n) is 2.87. The Bertz CT molecular complexity index is 654. The Morgan fingerprint density at radius 1 is 1.56 bits per heavy atom. The molecule has 2 heterocycles. The van der Waals surface area contributed by atoms with Crippen molar-refractivity contribution < 1.29 is 9.53 Å². The van der Waals surface area contributed by atoms with Crippen LogP contribution in [0.5, 0.6) is 0 Å². The van der Waals surface area contributed by atoms with E-state index in [4.69, 9.17) is 0 Å². The second-order valence-corrected chi connectivity index (χ2v) is 4.07. The van der Waals surface area contributed by atoms with Gasteiger partial charge in [-0.3, -0.25) is 9.89 Å². The molecular formula is C12H15N3O3. The Morgan fingerprint density at radius 2 is 2.28 bits per heavy atom. The van der Waals surface area contributed by atoms with Crippen molar-refractivity contribution in [2.24, 2.45) is 0 Å². The molecule has 2 aromatic heterocycles. The first kappa shape index (κ1) is 12.3. The molecule has 0 spiro atoms. The lowest BCUT2D eigenvalue weighted by Crippen LogP contribution is -2.22. The highest BCUT2D eigenvalue weighted by atomic mass is 16.5. The Morgan fingerprint density at radius 3 is 2.89 bits per heavy atom. The summed E-state index contributed by atoms with van der Waals surface area (Å²) in [5.74, 6) is -0.511. The summed E-state index contributed by atoms with van der Waals surface area (Å²) in [6, 6.07) is 0. The molecule has 6 heteroatoms. The van der Waals surface area contributed by atoms with Crippen LogP contribution in [0.2, 0.25) is 0 Å². The number of fused-ring (bicyclic) bond motifs is 1. The van der Waals surface area contributed by atoms with Crippen molar-refractivity contribution in [2.45, 2.75) is 26.7 Å². The molecule has 0 saturated heterocycles. The molecule has 0 amide bonds. The highest BCUT2D eigenvalue weighted by molar-refractivity contribution is 5.95. The fraction of sp³-hybridized carbons (Fsp3) is 0.417. The zero-order valence-electron chi connectivity index (χ0n) is 10.6. The number of H-pyrrole nitrogens is 1. The van der Waals surface area contributed by atoms with Crippen LogP contribution in [0.1, 0.15) is 35.0 Å². The van der Waals surface area contributed by atoms with Gasteiger partial charge in [-0.2, -0.15) is 0 Å². The first-order chi connectivity index (χ1) is 8.60. The lowest BCUT2D eigenvalue weighted by atomic mass is 10.1. The van der Waals surface area contributed by atoms with Crippen molar-refractivity contribution in [1.82, 2.24) is 14.6 Å². The highest BCUT2D eigenvalue weighted by Gasteiger charge is 2.17. The van der Waals surface area contributed by atoms with Crippen LogP contribution in [0, 0.1) is 6.92 Å². The van der Waals surface area contributed by atoms with Crippen LogP contribution in [0.3, 0.4) is 0 Å². The number of nitrogens with zero attached hydrogens (tertiary/aromatic N) is 2. The molecule has 0 radical (unpaired) electrons. The summed E-state index contributed by atoms with van der Waals surface area (Å²) in [5, 5.41) is 2.74. The van der Waals surface area contributed by atoms with Crippen molar-refractivity contribution in [3.8, 4) is 0 Å². The summed E-state index contributed by atoms with van der Waals surface area (Å²) in [6.45, 7) is 3.78. The molecule has 6 nitrogen and oxygen atoms in total. The lowest BCUT2D eigenvalue weighted by molar-refractivity contribution is 0.0602. The highest BCUT2D eigenvalue weighted by Crippen LogP contribution is 2.11. The van der Waals surface area contributed by atoms with Gasteiger partial charge in [0.2, 0.25) is 0 Å². The summed E-state index contributed by atoms with van der Waals surface area (Å²) in [6.07, 6.45) is 2.98. The standard InChI is InChI=1S/C12H15N3O3/c1-4-5-8-7(2)14-10-9(12(17)18-3)6-13-15(10)11(8)16/h6,13H,4-5H2,1-3H3. The van der Waals surface area contributed by atoms with Crippen LogP contribution in [0.15, 0.2) is 11.0 Å². The van der Waals surface area contributed by atoms with E-state index < -0.39 is 5.97 Å². The largest absolute Gasteiger partial charge is 0.465 e. The van der Waals surface area contributed by atoms with E-state index in [2.05, 4.69) is 14.8 Å². The van der Waals surface area contributed by atoms with E-state index in [0.717, 1.165) is 6.42 Å². The molecule has 0 atom stereocenters. The second kappa shape index (κ2) is 4.64. The average Bonchev–Trinajstić information content (AvgIpc) is 2.77. The summed E-state index contributed by atoms with van der Waals surface area (Å²) < 4.78 is 5.93. The number of aromatic amines is 1. The van der Waals surface area contributed by atoms with Crippen LogP contribution in [0.25, 0.3) is 5.65 Å². The fourth-order valence-electron chi connectivity index (χ4n) is 1.95. The molecule has 0 unspecified atom stereocenters. The van der Waals surface area contributed by atoms with Crippen molar-refractivity contribution in [1.29, 1.82) is 0 Å². The molecule has 0 aliphatic heterocycles. The van der Waals surface area contributed by atoms with Gasteiger partial charge >= 0.3 is 5.97 Å². The van der Waals surface area contributed by atoms with Gasteiger partial charge in [0.1, 0.15) is 5.56 Å². The Hall–Kier alpha value is -2.11. The molecular weight excluding hydrogens is 234 g/mol. The number of hydrogen-bond donors (Lipinski definition) is 1. The van der Waals surface area contributed by atoms with E-state index in [1.54, 1.807) is 6.92 Å². The van der Waals surface area contributed by atoms with Crippen molar-refractivity contribution >= 4 is 11.6 Å². The molecule has 96 valence electrons. The summed E-state index contributed by atoms with van der Waals surface area (Å²) >= 11 is 0. The first-order valence-electron chi connectivity index (χ1n) is 5.78. The van der Waals surface area contributed by atoms with E-state index >= 15 is 0 Å². The third-order valence-corrected chi connectivity index (χ3v) is 2.87. The Kier molecular flexibility index (Phi) is 3.18. The molecule has 2 rings (SSSR count). The predicted octanol–water partition coefficient (Wildman–Crippen LogP) is 1.07. The van der Waals surface area contributed by atoms with E-state index in [1.165, 1.54) is 17.8 Å². The van der Waals surface area contributed by atoms with Gasteiger partial charge < -0.3 is 4.74 Å². The molecule has 2 aromatic rings. The molecule has 0 aromatic carbocycles. The van der Waals surface area contributed by atoms with Crippen molar-refractivity contribution in [3.05, 3.63) is 33.4 Å². The lowest BCUT2D eigenvalue weighted by Gasteiger charge is -2.04. The Labute approximate surface area is 104 Å². The van der Waals surface area contributed by atoms with E-state index in [9.17, 15) is 9.59 Å². The molecule has 0 aliphatic carbocycles. The number of hydrogen-bond acceptors (Lipinski definition) is 4. The summed E-state index contributed by atoms with van der Waals surface area (Å²) in [4.78, 5) is 28.0. The number of carbonyl (C=O) groups excluding carboxylic acids is 1. The Balaban J connectivity index is 2.72. The van der Waals surface area contributed by atoms with Gasteiger partial charge in [0.25, 0.3) is 5.56 Å². The van der Waals surface area contributed by atoms with Gasteiger partial charge in [0.05, 0.1) is 7.11 Å². The fourth-order valence-corrected chi connectivity index (χ4v) is 1.95. The monoisotopic (exact) mass is 249 g/mol. The summed E-state index contributed by atoms with van der Waals surface area (Å²) in [5.41, 5.74) is 1.75. The van der Waals surface area contributed by atoms with Crippen LogP contribution in [-0.2, 0) is 11.2 Å². The summed E-state index contributed by atoms with van der Waals surface area (Å²) in [7, 11) is 1.29. The minimum absolute atomic E-state index is 0.158. The van der Waals surface area contributed by atoms with E-state index in [1.807, 2.05) is 6.92 Å². The SMILES string of the molecule is CCCc1c(C)nc2c(C(=O)OC)c[nH]n2c1=O. The zero-order chi connectivity index (χ0) is 13.3. The van der Waals surface area contributed by atoms with E-state index in [-0.39, 0.29) is 11.1 Å². The van der Waals surface area contributed by atoms with Gasteiger partial charge in [-0.1, -0.05) is 13.3 Å². The third kappa shape index (κ3) is 1.79.